The summed E-state index contributed by atoms with van der Waals surface area (Å²) >= 11 is 1.70. The van der Waals surface area contributed by atoms with E-state index in [2.05, 4.69) is 52.0 Å². The minimum Gasteiger partial charge on any atom is -0.504 e. The lowest BCUT2D eigenvalue weighted by Gasteiger charge is -2.19. The van der Waals surface area contributed by atoms with Crippen molar-refractivity contribution in [1.82, 2.24) is 0 Å². The Bertz CT molecular complexity index is 976. The first-order chi connectivity index (χ1) is 14.7. The van der Waals surface area contributed by atoms with Crippen LogP contribution < -0.4 is 12.5 Å². The smallest absolute Gasteiger partial charge is 0.216 e. The van der Waals surface area contributed by atoms with Gasteiger partial charge in [0.15, 0.2) is 34.5 Å². The van der Waals surface area contributed by atoms with Crippen LogP contribution in [0, 0.1) is 6.92 Å². The summed E-state index contributed by atoms with van der Waals surface area (Å²) in [5.74, 6) is 2.80. The summed E-state index contributed by atoms with van der Waals surface area (Å²) in [7, 11) is 1.54. The maximum atomic E-state index is 9.39. The van der Waals surface area contributed by atoms with Gasteiger partial charge in [0, 0.05) is 0 Å². The highest BCUT2D eigenvalue weighted by Crippen LogP contribution is 2.38. The molecule has 166 valence electrons. The van der Waals surface area contributed by atoms with Crippen LogP contribution in [-0.2, 0) is 11.8 Å². The SMILES string of the molecule is CCc1cccc(Oc2ccc(C(C)(C)C)cc2)c1.COc1cc(C)cc(O)c1OI. The maximum Gasteiger partial charge on any atom is 0.216 e. The molecule has 31 heavy (non-hydrogen) atoms. The minimum absolute atomic E-state index is 0.0984. The van der Waals surface area contributed by atoms with Crippen molar-refractivity contribution in [1.29, 1.82) is 0 Å². The van der Waals surface area contributed by atoms with Crippen molar-refractivity contribution in [3.05, 3.63) is 77.4 Å². The number of rotatable bonds is 5. The monoisotopic (exact) mass is 534 g/mol. The number of aryl methyl sites for hydroxylation is 2. The number of phenolic OH excluding ortho intramolecular Hbond substituents is 1. The first kappa shape index (κ1) is 24.9. The molecule has 0 unspecified atom stereocenters. The molecule has 5 heteroatoms. The fourth-order valence-corrected chi connectivity index (χ4v) is 3.38. The first-order valence-corrected chi connectivity index (χ1v) is 11.1. The molecule has 3 rings (SSSR count). The van der Waals surface area contributed by atoms with E-state index in [1.165, 1.54) is 18.2 Å². The molecule has 0 aliphatic carbocycles. The van der Waals surface area contributed by atoms with Crippen LogP contribution in [0.3, 0.4) is 0 Å². The summed E-state index contributed by atoms with van der Waals surface area (Å²) in [4.78, 5) is 0. The predicted octanol–water partition coefficient (Wildman–Crippen LogP) is 7.78. The van der Waals surface area contributed by atoms with Crippen LogP contribution >= 0.6 is 23.0 Å². The minimum atomic E-state index is 0.0984. The Labute approximate surface area is 199 Å². The number of halogens is 1. The van der Waals surface area contributed by atoms with Gasteiger partial charge < -0.3 is 17.6 Å². The molecular weight excluding hydrogens is 503 g/mol. The average molecular weight is 534 g/mol. The lowest BCUT2D eigenvalue weighted by Crippen LogP contribution is -2.10. The molecule has 1 N–H and O–H groups in total. The molecule has 3 aromatic carbocycles. The molecule has 0 aromatic heterocycles. The molecule has 0 aliphatic heterocycles. The number of aromatic hydroxyl groups is 1. The molecule has 0 atom stereocenters. The standard InChI is InChI=1S/C18H22O.C8H9IO3/c1-5-14-7-6-8-17(13-14)19-16-11-9-15(10-12-16)18(2,3)4;1-5-3-6(10)8(12-9)7(4-5)11-2/h6-13H,5H2,1-4H3;3-4,10H,1-2H3. The Morgan fingerprint density at radius 2 is 1.61 bits per heavy atom. The van der Waals surface area contributed by atoms with Gasteiger partial charge in [0.25, 0.3) is 0 Å². The van der Waals surface area contributed by atoms with E-state index >= 15 is 0 Å². The Kier molecular flexibility index (Phi) is 9.04. The number of methoxy groups -OCH3 is 1. The zero-order chi connectivity index (χ0) is 23.0. The molecule has 0 aliphatic rings. The van der Waals surface area contributed by atoms with E-state index in [-0.39, 0.29) is 11.2 Å². The van der Waals surface area contributed by atoms with Gasteiger partial charge in [-0.3, -0.25) is 0 Å². The van der Waals surface area contributed by atoms with Crippen molar-refractivity contribution < 1.29 is 17.6 Å². The molecular formula is C26H31IO4. The van der Waals surface area contributed by atoms with Crippen LogP contribution in [0.25, 0.3) is 0 Å². The molecule has 3 aromatic rings. The van der Waals surface area contributed by atoms with Gasteiger partial charge in [-0.25, -0.2) is 0 Å². The van der Waals surface area contributed by atoms with Gasteiger partial charge >= 0.3 is 0 Å². The van der Waals surface area contributed by atoms with E-state index in [4.69, 9.17) is 12.5 Å². The first-order valence-electron chi connectivity index (χ1n) is 10.2. The van der Waals surface area contributed by atoms with Crippen LogP contribution in [0.4, 0.5) is 0 Å². The lowest BCUT2D eigenvalue weighted by atomic mass is 9.87. The third-order valence-electron chi connectivity index (χ3n) is 4.74. The predicted molar refractivity (Wildman–Crippen MR) is 135 cm³/mol. The summed E-state index contributed by atoms with van der Waals surface area (Å²) < 4.78 is 15.8. The summed E-state index contributed by atoms with van der Waals surface area (Å²) in [5, 5.41) is 9.39. The summed E-state index contributed by atoms with van der Waals surface area (Å²) in [5.41, 5.74) is 3.73. The summed E-state index contributed by atoms with van der Waals surface area (Å²) in [6.07, 6.45) is 1.03. The van der Waals surface area contributed by atoms with E-state index < -0.39 is 0 Å². The van der Waals surface area contributed by atoms with Crippen molar-refractivity contribution in [2.24, 2.45) is 0 Å². The van der Waals surface area contributed by atoms with Crippen molar-refractivity contribution in [3.63, 3.8) is 0 Å². The van der Waals surface area contributed by atoms with Gasteiger partial charge in [0.2, 0.25) is 5.75 Å². The average Bonchev–Trinajstić information content (AvgIpc) is 2.73. The highest BCUT2D eigenvalue weighted by molar-refractivity contribution is 14.1. The third kappa shape index (κ3) is 7.35. The normalized spacial score (nSPS) is 10.7. The van der Waals surface area contributed by atoms with E-state index in [9.17, 15) is 5.11 Å². The van der Waals surface area contributed by atoms with Crippen LogP contribution in [0.5, 0.6) is 28.7 Å². The van der Waals surface area contributed by atoms with E-state index in [1.54, 1.807) is 35.1 Å². The molecule has 0 saturated carbocycles. The molecule has 0 radical (unpaired) electrons. The van der Waals surface area contributed by atoms with Gasteiger partial charge in [-0.05, 0) is 71.8 Å². The fraction of sp³-hybridized carbons (Fsp3) is 0.308. The van der Waals surface area contributed by atoms with E-state index in [0.29, 0.717) is 11.5 Å². The number of benzene rings is 3. The molecule has 0 fully saturated rings. The van der Waals surface area contributed by atoms with Gasteiger partial charge in [-0.15, -0.1) is 0 Å². The molecule has 0 saturated heterocycles. The molecule has 0 spiro atoms. The second kappa shape index (κ2) is 11.3. The van der Waals surface area contributed by atoms with Crippen LogP contribution in [0.1, 0.15) is 44.4 Å². The van der Waals surface area contributed by atoms with E-state index in [1.807, 2.05) is 31.2 Å². The van der Waals surface area contributed by atoms with Crippen LogP contribution in [0.15, 0.2) is 60.7 Å². The lowest BCUT2D eigenvalue weighted by molar-refractivity contribution is 0.389. The van der Waals surface area contributed by atoms with Crippen LogP contribution in [0.2, 0.25) is 0 Å². The Morgan fingerprint density at radius 3 is 2.16 bits per heavy atom. The number of hydrogen-bond donors (Lipinski definition) is 1. The van der Waals surface area contributed by atoms with Gasteiger partial charge in [-0.2, -0.15) is 0 Å². The van der Waals surface area contributed by atoms with Crippen molar-refractivity contribution >= 4 is 23.0 Å². The zero-order valence-corrected chi connectivity index (χ0v) is 21.2. The van der Waals surface area contributed by atoms with Crippen molar-refractivity contribution in [2.75, 3.05) is 7.11 Å². The maximum absolute atomic E-state index is 9.39. The van der Waals surface area contributed by atoms with Crippen molar-refractivity contribution in [2.45, 2.75) is 46.5 Å². The largest absolute Gasteiger partial charge is 0.504 e. The van der Waals surface area contributed by atoms with Crippen molar-refractivity contribution in [3.8, 4) is 28.7 Å². The Hall–Kier alpha value is -2.41. The molecule has 0 heterocycles. The highest BCUT2D eigenvalue weighted by Gasteiger charge is 2.13. The summed E-state index contributed by atoms with van der Waals surface area (Å²) in [6.45, 7) is 10.7. The Balaban J connectivity index is 0.000000245. The third-order valence-corrected chi connectivity index (χ3v) is 5.18. The second-order valence-corrected chi connectivity index (χ2v) is 8.71. The summed E-state index contributed by atoms with van der Waals surface area (Å²) in [6, 6.07) is 20.0. The van der Waals surface area contributed by atoms with Crippen LogP contribution in [-0.4, -0.2) is 12.2 Å². The molecule has 0 bridgehead atoms. The Morgan fingerprint density at radius 1 is 0.935 bits per heavy atom. The highest BCUT2D eigenvalue weighted by atomic mass is 127. The topological polar surface area (TPSA) is 47.9 Å². The second-order valence-electron chi connectivity index (χ2n) is 8.27. The fourth-order valence-electron chi connectivity index (χ4n) is 2.94. The molecule has 4 nitrogen and oxygen atoms in total. The number of ether oxygens (including phenoxy) is 2. The quantitative estimate of drug-likeness (QED) is 0.340. The van der Waals surface area contributed by atoms with Gasteiger partial charge in [0.05, 0.1) is 7.11 Å². The van der Waals surface area contributed by atoms with Gasteiger partial charge in [0.1, 0.15) is 11.5 Å². The van der Waals surface area contributed by atoms with E-state index in [0.717, 1.165) is 23.5 Å². The number of hydrogen-bond acceptors (Lipinski definition) is 4. The molecule has 0 amide bonds. The zero-order valence-electron chi connectivity index (χ0n) is 19.0. The van der Waals surface area contributed by atoms with Gasteiger partial charge in [-0.1, -0.05) is 52.0 Å². The number of phenols is 1.